The maximum absolute atomic E-state index is 12.4. The Morgan fingerprint density at radius 2 is 1.50 bits per heavy atom. The Bertz CT molecular complexity index is 507. The molecule has 0 aliphatic heterocycles. The van der Waals surface area contributed by atoms with E-state index in [0.717, 1.165) is 0 Å². The highest BCUT2D eigenvalue weighted by atomic mass is 16.5. The lowest BCUT2D eigenvalue weighted by Gasteiger charge is -2.15. The largest absolute Gasteiger partial charge is 0.496 e. The molecule has 5 nitrogen and oxygen atoms in total. The summed E-state index contributed by atoms with van der Waals surface area (Å²) in [5, 5.41) is 0. The number of ketones is 2. The Balaban J connectivity index is 3.21. The predicted molar refractivity (Wildman–Crippen MR) is 74.9 cm³/mol. The van der Waals surface area contributed by atoms with Gasteiger partial charge >= 0.3 is 0 Å². The lowest BCUT2D eigenvalue weighted by Crippen LogP contribution is -2.15. The van der Waals surface area contributed by atoms with E-state index >= 15 is 0 Å². The van der Waals surface area contributed by atoms with Gasteiger partial charge in [-0.25, -0.2) is 0 Å². The molecule has 1 atom stereocenters. The zero-order valence-corrected chi connectivity index (χ0v) is 12.5. The van der Waals surface area contributed by atoms with Gasteiger partial charge in [0, 0.05) is 18.4 Å². The van der Waals surface area contributed by atoms with Crippen molar-refractivity contribution in [3.63, 3.8) is 0 Å². The summed E-state index contributed by atoms with van der Waals surface area (Å²) >= 11 is 0. The smallest absolute Gasteiger partial charge is 0.169 e. The van der Waals surface area contributed by atoms with E-state index in [2.05, 4.69) is 0 Å². The third-order valence-electron chi connectivity index (χ3n) is 3.01. The van der Waals surface area contributed by atoms with Gasteiger partial charge in [0.05, 0.1) is 26.9 Å². The van der Waals surface area contributed by atoms with Crippen LogP contribution < -0.4 is 14.2 Å². The van der Waals surface area contributed by atoms with E-state index in [1.165, 1.54) is 28.3 Å². The molecule has 0 aliphatic rings. The Hall–Kier alpha value is -2.04. The van der Waals surface area contributed by atoms with Gasteiger partial charge in [-0.3, -0.25) is 4.79 Å². The first-order valence-electron chi connectivity index (χ1n) is 6.28. The van der Waals surface area contributed by atoms with Crippen molar-refractivity contribution in [3.05, 3.63) is 17.7 Å². The molecule has 0 radical (unpaired) electrons. The van der Waals surface area contributed by atoms with E-state index in [4.69, 9.17) is 14.2 Å². The van der Waals surface area contributed by atoms with Gasteiger partial charge in [-0.05, 0) is 13.0 Å². The molecule has 0 amide bonds. The van der Waals surface area contributed by atoms with Gasteiger partial charge in [0.15, 0.2) is 17.3 Å². The van der Waals surface area contributed by atoms with Gasteiger partial charge in [0.1, 0.15) is 11.5 Å². The Morgan fingerprint density at radius 3 is 1.95 bits per heavy atom. The van der Waals surface area contributed by atoms with Gasteiger partial charge in [0.25, 0.3) is 0 Å². The number of hydrogen-bond acceptors (Lipinski definition) is 5. The first-order valence-corrected chi connectivity index (χ1v) is 6.28. The highest BCUT2D eigenvalue weighted by Gasteiger charge is 2.23. The maximum Gasteiger partial charge on any atom is 0.169 e. The first-order chi connectivity index (χ1) is 9.44. The molecule has 1 rings (SSSR count). The number of rotatable bonds is 7. The quantitative estimate of drug-likeness (QED) is 0.718. The molecule has 0 saturated heterocycles. The fraction of sp³-hybridized carbons (Fsp3) is 0.467. The summed E-state index contributed by atoms with van der Waals surface area (Å²) in [6.07, 6.45) is 0.205. The zero-order valence-electron chi connectivity index (χ0n) is 12.5. The van der Waals surface area contributed by atoms with Crippen LogP contribution in [0.5, 0.6) is 17.2 Å². The minimum Gasteiger partial charge on any atom is -0.496 e. The molecule has 0 fully saturated rings. The second kappa shape index (κ2) is 6.93. The van der Waals surface area contributed by atoms with Crippen molar-refractivity contribution in [1.82, 2.24) is 0 Å². The summed E-state index contributed by atoms with van der Waals surface area (Å²) < 4.78 is 15.6. The molecule has 0 bridgehead atoms. The highest BCUT2D eigenvalue weighted by molar-refractivity contribution is 6.02. The Kier molecular flexibility index (Phi) is 5.55. The van der Waals surface area contributed by atoms with Gasteiger partial charge in [0.2, 0.25) is 0 Å². The van der Waals surface area contributed by atoms with E-state index in [-0.39, 0.29) is 18.0 Å². The molecule has 1 unspecified atom stereocenters. The number of methoxy groups -OCH3 is 3. The monoisotopic (exact) mass is 280 g/mol. The first kappa shape index (κ1) is 16.0. The number of Topliss-reactive ketones (excluding diaryl/α,β-unsaturated/α-hetero) is 2. The minimum absolute atomic E-state index is 0.0229. The molecule has 0 N–H and O–H groups in total. The van der Waals surface area contributed by atoms with Gasteiger partial charge in [-0.15, -0.1) is 0 Å². The van der Waals surface area contributed by atoms with Crippen LogP contribution in [0.4, 0.5) is 0 Å². The molecule has 0 aliphatic carbocycles. The average molecular weight is 280 g/mol. The highest BCUT2D eigenvalue weighted by Crippen LogP contribution is 2.35. The van der Waals surface area contributed by atoms with Crippen molar-refractivity contribution < 1.29 is 23.8 Å². The second-order valence-corrected chi connectivity index (χ2v) is 4.58. The van der Waals surface area contributed by atoms with E-state index in [1.807, 2.05) is 0 Å². The lowest BCUT2D eigenvalue weighted by molar-refractivity contribution is -0.117. The fourth-order valence-corrected chi connectivity index (χ4v) is 2.01. The van der Waals surface area contributed by atoms with Crippen LogP contribution in [0.2, 0.25) is 0 Å². The Labute approximate surface area is 118 Å². The predicted octanol–water partition coefficient (Wildman–Crippen LogP) is 2.51. The SMILES string of the molecule is COc1cc(OC)c(C(=O)C(C)CC(C)=O)cc1OC. The molecular formula is C15H20O5. The minimum atomic E-state index is -0.403. The molecule has 0 spiro atoms. The van der Waals surface area contributed by atoms with Crippen LogP contribution in [-0.2, 0) is 4.79 Å². The summed E-state index contributed by atoms with van der Waals surface area (Å²) in [5.74, 6) is 0.762. The third-order valence-corrected chi connectivity index (χ3v) is 3.01. The number of hydrogen-bond donors (Lipinski definition) is 0. The maximum atomic E-state index is 12.4. The molecule has 0 saturated carbocycles. The fourth-order valence-electron chi connectivity index (χ4n) is 2.01. The second-order valence-electron chi connectivity index (χ2n) is 4.58. The van der Waals surface area contributed by atoms with Crippen molar-refractivity contribution in [2.24, 2.45) is 5.92 Å². The van der Waals surface area contributed by atoms with Crippen molar-refractivity contribution in [1.29, 1.82) is 0 Å². The number of ether oxygens (including phenoxy) is 3. The van der Waals surface area contributed by atoms with Gasteiger partial charge in [-0.2, -0.15) is 0 Å². The summed E-state index contributed by atoms with van der Waals surface area (Å²) in [6.45, 7) is 3.19. The van der Waals surface area contributed by atoms with Gasteiger partial charge in [-0.1, -0.05) is 6.92 Å². The number of carbonyl (C=O) groups is 2. The van der Waals surface area contributed by atoms with E-state index in [0.29, 0.717) is 22.8 Å². The molecule has 1 aromatic rings. The van der Waals surface area contributed by atoms with E-state index in [9.17, 15) is 9.59 Å². The lowest BCUT2D eigenvalue weighted by atomic mass is 9.94. The summed E-state index contributed by atoms with van der Waals surface area (Å²) in [7, 11) is 4.49. The number of carbonyl (C=O) groups excluding carboxylic acids is 2. The normalized spacial score (nSPS) is 11.7. The number of benzene rings is 1. The summed E-state index contributed by atoms with van der Waals surface area (Å²) in [5.41, 5.74) is 0.388. The third kappa shape index (κ3) is 3.50. The summed E-state index contributed by atoms with van der Waals surface area (Å²) in [4.78, 5) is 23.5. The van der Waals surface area contributed by atoms with E-state index in [1.54, 1.807) is 19.1 Å². The standard InChI is InChI=1S/C15H20O5/c1-9(6-10(2)16)15(17)11-7-13(19-4)14(20-5)8-12(11)18-3/h7-9H,6H2,1-5H3. The molecule has 0 aromatic heterocycles. The molecule has 1 aromatic carbocycles. The van der Waals surface area contributed by atoms with Crippen LogP contribution in [0.3, 0.4) is 0 Å². The van der Waals surface area contributed by atoms with Crippen LogP contribution >= 0.6 is 0 Å². The molecule has 5 heteroatoms. The molecular weight excluding hydrogens is 260 g/mol. The van der Waals surface area contributed by atoms with Crippen LogP contribution in [0.1, 0.15) is 30.6 Å². The summed E-state index contributed by atoms with van der Waals surface area (Å²) in [6, 6.07) is 3.18. The van der Waals surface area contributed by atoms with Crippen molar-refractivity contribution >= 4 is 11.6 Å². The van der Waals surface area contributed by atoms with Crippen LogP contribution in [-0.4, -0.2) is 32.9 Å². The molecule has 20 heavy (non-hydrogen) atoms. The van der Waals surface area contributed by atoms with Crippen LogP contribution in [0, 0.1) is 5.92 Å². The Morgan fingerprint density at radius 1 is 1.00 bits per heavy atom. The van der Waals surface area contributed by atoms with Crippen molar-refractivity contribution in [2.75, 3.05) is 21.3 Å². The van der Waals surface area contributed by atoms with E-state index < -0.39 is 5.92 Å². The average Bonchev–Trinajstić information content (AvgIpc) is 2.44. The molecule has 0 heterocycles. The zero-order chi connectivity index (χ0) is 15.3. The topological polar surface area (TPSA) is 61.8 Å². The molecule has 110 valence electrons. The van der Waals surface area contributed by atoms with Crippen molar-refractivity contribution in [3.8, 4) is 17.2 Å². The van der Waals surface area contributed by atoms with Gasteiger partial charge < -0.3 is 19.0 Å². The van der Waals surface area contributed by atoms with Crippen LogP contribution in [0.15, 0.2) is 12.1 Å². The van der Waals surface area contributed by atoms with Crippen LogP contribution in [0.25, 0.3) is 0 Å². The van der Waals surface area contributed by atoms with Crippen molar-refractivity contribution in [2.45, 2.75) is 20.3 Å².